The number of Topliss-reactive ketones (excluding diaryl/α,β-unsaturated/α-hetero) is 1. The van der Waals surface area contributed by atoms with Crippen LogP contribution in [0.4, 0.5) is 5.69 Å². The minimum absolute atomic E-state index is 0.0864. The van der Waals surface area contributed by atoms with E-state index in [0.717, 1.165) is 6.42 Å². The molecule has 0 saturated heterocycles. The van der Waals surface area contributed by atoms with Gasteiger partial charge >= 0.3 is 0 Å². The molecule has 2 N–H and O–H groups in total. The van der Waals surface area contributed by atoms with E-state index in [-0.39, 0.29) is 5.78 Å². The molecule has 29 heavy (non-hydrogen) atoms. The van der Waals surface area contributed by atoms with E-state index in [1.54, 1.807) is 45.6 Å². The quantitative estimate of drug-likeness (QED) is 0.352. The van der Waals surface area contributed by atoms with Crippen molar-refractivity contribution in [1.82, 2.24) is 0 Å². The maximum Gasteiger partial charge on any atom is 0.189 e. The van der Waals surface area contributed by atoms with Gasteiger partial charge in [-0.3, -0.25) is 4.79 Å². The van der Waals surface area contributed by atoms with Gasteiger partial charge in [0, 0.05) is 22.8 Å². The maximum atomic E-state index is 13.2. The number of benzene rings is 2. The number of anilines is 1. The Morgan fingerprint density at radius 3 is 2.34 bits per heavy atom. The average molecular weight is 399 g/mol. The lowest BCUT2D eigenvalue weighted by molar-refractivity contribution is 0.103. The molecule has 2 rings (SSSR count). The Morgan fingerprint density at radius 1 is 1.00 bits per heavy atom. The third kappa shape index (κ3) is 5.22. The average Bonchev–Trinajstić information content (AvgIpc) is 2.73. The van der Waals surface area contributed by atoms with Gasteiger partial charge in [0.25, 0.3) is 0 Å². The Morgan fingerprint density at radius 2 is 1.76 bits per heavy atom. The van der Waals surface area contributed by atoms with Crippen LogP contribution in [0, 0.1) is 0 Å². The third-order valence-electron chi connectivity index (χ3n) is 4.43. The van der Waals surface area contributed by atoms with E-state index < -0.39 is 0 Å². The largest absolute Gasteiger partial charge is 0.497 e. The van der Waals surface area contributed by atoms with E-state index in [4.69, 9.17) is 24.7 Å². The maximum absolute atomic E-state index is 13.2. The van der Waals surface area contributed by atoms with Crippen LogP contribution in [-0.2, 0) is 0 Å². The van der Waals surface area contributed by atoms with Crippen LogP contribution in [-0.4, -0.2) is 33.7 Å². The zero-order valence-electron chi connectivity index (χ0n) is 17.7. The van der Waals surface area contributed by atoms with Gasteiger partial charge in [-0.15, -0.1) is 0 Å². The molecule has 0 aliphatic heterocycles. The molecule has 0 aromatic heterocycles. The van der Waals surface area contributed by atoms with Crippen LogP contribution in [0.15, 0.2) is 35.9 Å². The number of hydrogen-bond acceptors (Lipinski definition) is 6. The molecule has 0 spiro atoms. The van der Waals surface area contributed by atoms with Crippen molar-refractivity contribution in [1.29, 1.82) is 0 Å². The normalized spacial score (nSPS) is 11.1. The summed E-state index contributed by atoms with van der Waals surface area (Å²) in [6, 6.07) is 8.66. The second kappa shape index (κ2) is 10.4. The molecule has 0 unspecified atom stereocenters. The number of ether oxygens (including phenoxy) is 4. The summed E-state index contributed by atoms with van der Waals surface area (Å²) in [5.41, 5.74) is 8.32. The minimum Gasteiger partial charge on any atom is -0.497 e. The Balaban J connectivity index is 2.55. The van der Waals surface area contributed by atoms with Gasteiger partial charge in [-0.2, -0.15) is 0 Å². The summed E-state index contributed by atoms with van der Waals surface area (Å²) in [7, 11) is 4.71. The number of allylic oxidation sites excluding steroid dienone is 1. The van der Waals surface area contributed by atoms with Crippen molar-refractivity contribution in [3.8, 4) is 23.0 Å². The zero-order valence-corrected chi connectivity index (χ0v) is 17.7. The first-order valence-electron chi connectivity index (χ1n) is 9.56. The second-order valence-corrected chi connectivity index (χ2v) is 6.39. The highest BCUT2D eigenvalue weighted by Crippen LogP contribution is 2.37. The fraction of sp³-hybridized carbons (Fsp3) is 0.348. The van der Waals surface area contributed by atoms with Crippen LogP contribution in [0.1, 0.15) is 42.6 Å². The molecule has 2 aromatic rings. The Kier molecular flexibility index (Phi) is 7.95. The van der Waals surface area contributed by atoms with E-state index in [0.29, 0.717) is 58.4 Å². The first kappa shape index (κ1) is 22.1. The van der Waals surface area contributed by atoms with E-state index >= 15 is 0 Å². The standard InChI is InChI=1S/C23H29NO5/c1-6-8-15(22(25)16-9-10-19(24)20(13-16)29-7-2)11-17-12-18(26-3)14-21(27-4)23(17)28-5/h9-14H,6-8,24H2,1-5H3/b15-11+. The second-order valence-electron chi connectivity index (χ2n) is 6.39. The molecule has 0 bridgehead atoms. The lowest BCUT2D eigenvalue weighted by Crippen LogP contribution is -2.06. The first-order chi connectivity index (χ1) is 14.0. The summed E-state index contributed by atoms with van der Waals surface area (Å²) in [6.45, 7) is 4.37. The van der Waals surface area contributed by atoms with Gasteiger partial charge in [-0.25, -0.2) is 0 Å². The monoisotopic (exact) mass is 399 g/mol. The van der Waals surface area contributed by atoms with Crippen molar-refractivity contribution in [2.24, 2.45) is 0 Å². The first-order valence-corrected chi connectivity index (χ1v) is 9.56. The van der Waals surface area contributed by atoms with Crippen LogP contribution in [0.3, 0.4) is 0 Å². The molecule has 6 nitrogen and oxygen atoms in total. The smallest absolute Gasteiger partial charge is 0.189 e. The number of carbonyl (C=O) groups is 1. The molecule has 0 aliphatic rings. The molecule has 6 heteroatoms. The Hall–Kier alpha value is -3.15. The number of methoxy groups -OCH3 is 3. The summed E-state index contributed by atoms with van der Waals surface area (Å²) in [5, 5.41) is 0. The molecule has 2 aromatic carbocycles. The summed E-state index contributed by atoms with van der Waals surface area (Å²) in [5.74, 6) is 2.12. The lowest BCUT2D eigenvalue weighted by atomic mass is 9.96. The van der Waals surface area contributed by atoms with Gasteiger partial charge < -0.3 is 24.7 Å². The number of nitrogens with two attached hydrogens (primary N) is 1. The highest BCUT2D eigenvalue weighted by atomic mass is 16.5. The van der Waals surface area contributed by atoms with E-state index in [9.17, 15) is 4.79 Å². The summed E-state index contributed by atoms with van der Waals surface area (Å²) in [6.07, 6.45) is 3.25. The van der Waals surface area contributed by atoms with Crippen LogP contribution in [0.25, 0.3) is 6.08 Å². The van der Waals surface area contributed by atoms with Crippen molar-refractivity contribution in [3.05, 3.63) is 47.0 Å². The van der Waals surface area contributed by atoms with Crippen molar-refractivity contribution >= 4 is 17.5 Å². The van der Waals surface area contributed by atoms with Gasteiger partial charge in [-0.05, 0) is 43.7 Å². The predicted octanol–water partition coefficient (Wildman–Crippen LogP) is 4.76. The summed E-state index contributed by atoms with van der Waals surface area (Å²) in [4.78, 5) is 13.2. The fourth-order valence-electron chi connectivity index (χ4n) is 3.04. The lowest BCUT2D eigenvalue weighted by Gasteiger charge is -2.14. The number of ketones is 1. The van der Waals surface area contributed by atoms with E-state index in [1.807, 2.05) is 26.0 Å². The van der Waals surface area contributed by atoms with Crippen LogP contribution < -0.4 is 24.7 Å². The van der Waals surface area contributed by atoms with Gasteiger partial charge in [0.05, 0.1) is 33.6 Å². The van der Waals surface area contributed by atoms with Crippen LogP contribution in [0.2, 0.25) is 0 Å². The van der Waals surface area contributed by atoms with Crippen molar-refractivity contribution < 1.29 is 23.7 Å². The molecule has 0 fully saturated rings. The number of carbonyl (C=O) groups excluding carboxylic acids is 1. The minimum atomic E-state index is -0.0864. The molecule has 0 atom stereocenters. The molecule has 0 radical (unpaired) electrons. The molecular formula is C23H29NO5. The number of hydrogen-bond donors (Lipinski definition) is 1. The van der Waals surface area contributed by atoms with Crippen LogP contribution in [0.5, 0.6) is 23.0 Å². The molecule has 0 amide bonds. The van der Waals surface area contributed by atoms with Gasteiger partial charge in [-0.1, -0.05) is 13.3 Å². The van der Waals surface area contributed by atoms with E-state index in [1.165, 1.54) is 0 Å². The predicted molar refractivity (Wildman–Crippen MR) is 115 cm³/mol. The Labute approximate surface area is 172 Å². The van der Waals surface area contributed by atoms with Gasteiger partial charge in [0.1, 0.15) is 11.5 Å². The van der Waals surface area contributed by atoms with Crippen molar-refractivity contribution in [2.45, 2.75) is 26.7 Å². The summed E-state index contributed by atoms with van der Waals surface area (Å²) >= 11 is 0. The molecule has 0 saturated carbocycles. The van der Waals surface area contributed by atoms with E-state index in [2.05, 4.69) is 0 Å². The fourth-order valence-corrected chi connectivity index (χ4v) is 3.04. The van der Waals surface area contributed by atoms with Gasteiger partial charge in [0.15, 0.2) is 17.3 Å². The molecule has 156 valence electrons. The zero-order chi connectivity index (χ0) is 21.4. The van der Waals surface area contributed by atoms with Crippen molar-refractivity contribution in [2.75, 3.05) is 33.7 Å². The topological polar surface area (TPSA) is 80.0 Å². The highest BCUT2D eigenvalue weighted by molar-refractivity contribution is 6.11. The summed E-state index contributed by atoms with van der Waals surface area (Å²) < 4.78 is 21.8. The van der Waals surface area contributed by atoms with Crippen molar-refractivity contribution in [3.63, 3.8) is 0 Å². The Bertz CT molecular complexity index is 889. The number of rotatable bonds is 10. The number of nitrogen functional groups attached to an aromatic ring is 1. The van der Waals surface area contributed by atoms with Crippen LogP contribution >= 0.6 is 0 Å². The highest BCUT2D eigenvalue weighted by Gasteiger charge is 2.17. The SMILES string of the molecule is CCC/C(=C\c1cc(OC)cc(OC)c1OC)C(=O)c1ccc(N)c(OCC)c1. The third-order valence-corrected chi connectivity index (χ3v) is 4.43. The molecule has 0 aliphatic carbocycles. The van der Waals surface area contributed by atoms with Gasteiger partial charge in [0.2, 0.25) is 0 Å². The molecular weight excluding hydrogens is 370 g/mol. The molecule has 0 heterocycles.